The van der Waals surface area contributed by atoms with E-state index < -0.39 is 0 Å². The number of anilines is 1. The van der Waals surface area contributed by atoms with Gasteiger partial charge in [0.2, 0.25) is 5.91 Å². The zero-order valence-corrected chi connectivity index (χ0v) is 11.9. The molecule has 1 heterocycles. The maximum absolute atomic E-state index is 11.9. The average Bonchev–Trinajstić information content (AvgIpc) is 2.83. The van der Waals surface area contributed by atoms with E-state index in [1.807, 2.05) is 24.3 Å². The molecule has 0 unspecified atom stereocenters. The Morgan fingerprint density at radius 3 is 2.77 bits per heavy atom. The van der Waals surface area contributed by atoms with E-state index in [0.29, 0.717) is 13.0 Å². The molecule has 0 bridgehead atoms. The standard InChI is InChI=1S/C17H16N2O3/c20-15-6-5-11(9-16(15)21)7-8-18-10-13-12-3-1-2-4-14(12)19-17(13)22/h1-6,9-10,13,20-21H,7-8H2,(H,19,22)/t13-/m1/s1. The highest BCUT2D eigenvalue weighted by atomic mass is 16.3. The molecular weight excluding hydrogens is 280 g/mol. The number of amides is 1. The first-order valence-corrected chi connectivity index (χ1v) is 7.06. The largest absolute Gasteiger partial charge is 0.504 e. The molecule has 0 aliphatic carbocycles. The third kappa shape index (κ3) is 2.79. The minimum atomic E-state index is -0.343. The van der Waals surface area contributed by atoms with E-state index in [0.717, 1.165) is 16.8 Å². The summed E-state index contributed by atoms with van der Waals surface area (Å²) in [6, 6.07) is 12.3. The fourth-order valence-corrected chi connectivity index (χ4v) is 2.48. The van der Waals surface area contributed by atoms with Crippen LogP contribution in [0.1, 0.15) is 17.0 Å². The summed E-state index contributed by atoms with van der Waals surface area (Å²) in [7, 11) is 0. The molecule has 0 aromatic heterocycles. The van der Waals surface area contributed by atoms with Crippen molar-refractivity contribution in [2.75, 3.05) is 11.9 Å². The van der Waals surface area contributed by atoms with Gasteiger partial charge >= 0.3 is 0 Å². The van der Waals surface area contributed by atoms with Gasteiger partial charge < -0.3 is 15.5 Å². The van der Waals surface area contributed by atoms with Gasteiger partial charge in [-0.05, 0) is 35.7 Å². The highest BCUT2D eigenvalue weighted by Gasteiger charge is 2.28. The number of nitrogens with zero attached hydrogens (tertiary/aromatic N) is 1. The van der Waals surface area contributed by atoms with Crippen molar-refractivity contribution < 1.29 is 15.0 Å². The first-order chi connectivity index (χ1) is 10.6. The molecule has 1 atom stereocenters. The number of para-hydroxylation sites is 1. The van der Waals surface area contributed by atoms with Crippen molar-refractivity contribution in [2.45, 2.75) is 12.3 Å². The van der Waals surface area contributed by atoms with Crippen molar-refractivity contribution in [3.05, 3.63) is 53.6 Å². The van der Waals surface area contributed by atoms with Crippen molar-refractivity contribution in [3.8, 4) is 11.5 Å². The summed E-state index contributed by atoms with van der Waals surface area (Å²) in [5, 5.41) is 21.5. The number of carbonyl (C=O) groups is 1. The van der Waals surface area contributed by atoms with Crippen molar-refractivity contribution in [1.82, 2.24) is 0 Å². The van der Waals surface area contributed by atoms with Crippen molar-refractivity contribution in [3.63, 3.8) is 0 Å². The van der Waals surface area contributed by atoms with Crippen LogP contribution in [0.15, 0.2) is 47.5 Å². The van der Waals surface area contributed by atoms with Gasteiger partial charge in [0.15, 0.2) is 11.5 Å². The summed E-state index contributed by atoms with van der Waals surface area (Å²) in [4.78, 5) is 16.2. The van der Waals surface area contributed by atoms with Crippen LogP contribution in [0, 0.1) is 0 Å². The van der Waals surface area contributed by atoms with Crippen LogP contribution in [0.5, 0.6) is 11.5 Å². The number of hydrogen-bond acceptors (Lipinski definition) is 4. The normalized spacial score (nSPS) is 16.7. The third-order valence-electron chi connectivity index (χ3n) is 3.66. The number of aromatic hydroxyl groups is 2. The van der Waals surface area contributed by atoms with E-state index in [1.54, 1.807) is 12.3 Å². The van der Waals surface area contributed by atoms with Gasteiger partial charge in [0.05, 0.1) is 0 Å². The number of nitrogens with one attached hydrogen (secondary N) is 1. The minimum absolute atomic E-state index is 0.0628. The molecule has 2 aromatic carbocycles. The molecule has 3 N–H and O–H groups in total. The molecule has 2 aromatic rings. The fourth-order valence-electron chi connectivity index (χ4n) is 2.48. The number of carbonyl (C=O) groups excluding carboxylic acids is 1. The van der Waals surface area contributed by atoms with Crippen LogP contribution in [-0.4, -0.2) is 28.9 Å². The molecule has 0 saturated carbocycles. The quantitative estimate of drug-likeness (QED) is 0.598. The summed E-state index contributed by atoms with van der Waals surface area (Å²) in [5.74, 6) is -0.672. The predicted molar refractivity (Wildman–Crippen MR) is 84.6 cm³/mol. The van der Waals surface area contributed by atoms with Crippen LogP contribution in [0.4, 0.5) is 5.69 Å². The Hall–Kier alpha value is -2.82. The summed E-state index contributed by atoms with van der Waals surface area (Å²) in [5.41, 5.74) is 2.66. The molecule has 3 rings (SSSR count). The monoisotopic (exact) mass is 296 g/mol. The number of hydrogen-bond donors (Lipinski definition) is 3. The predicted octanol–water partition coefficient (Wildman–Crippen LogP) is 2.45. The number of phenolic OH excluding ortho intramolecular Hbond substituents is 2. The van der Waals surface area contributed by atoms with Gasteiger partial charge in [-0.25, -0.2) is 0 Å². The van der Waals surface area contributed by atoms with E-state index in [4.69, 9.17) is 0 Å². The lowest BCUT2D eigenvalue weighted by Gasteiger charge is -2.03. The highest BCUT2D eigenvalue weighted by molar-refractivity contribution is 6.12. The minimum Gasteiger partial charge on any atom is -0.504 e. The van der Waals surface area contributed by atoms with E-state index >= 15 is 0 Å². The Balaban J connectivity index is 1.63. The van der Waals surface area contributed by atoms with Gasteiger partial charge in [0, 0.05) is 18.4 Å². The van der Waals surface area contributed by atoms with Crippen LogP contribution in [0.25, 0.3) is 0 Å². The number of rotatable bonds is 4. The first-order valence-electron chi connectivity index (χ1n) is 7.06. The zero-order valence-electron chi connectivity index (χ0n) is 11.9. The Kier molecular flexibility index (Phi) is 3.78. The van der Waals surface area contributed by atoms with Gasteiger partial charge in [-0.3, -0.25) is 9.79 Å². The van der Waals surface area contributed by atoms with E-state index in [-0.39, 0.29) is 23.3 Å². The molecule has 22 heavy (non-hydrogen) atoms. The molecular formula is C17H16N2O3. The van der Waals surface area contributed by atoms with Crippen LogP contribution < -0.4 is 5.32 Å². The molecule has 1 aliphatic heterocycles. The second kappa shape index (κ2) is 5.89. The maximum Gasteiger partial charge on any atom is 0.237 e. The maximum atomic E-state index is 11.9. The average molecular weight is 296 g/mol. The lowest BCUT2D eigenvalue weighted by Crippen LogP contribution is -2.13. The fraction of sp³-hybridized carbons (Fsp3) is 0.176. The van der Waals surface area contributed by atoms with E-state index in [2.05, 4.69) is 10.3 Å². The number of aliphatic imine (C=N–C) groups is 1. The second-order valence-corrected chi connectivity index (χ2v) is 5.18. The van der Waals surface area contributed by atoms with Crippen LogP contribution in [0.3, 0.4) is 0 Å². The van der Waals surface area contributed by atoms with Gasteiger partial charge in [-0.2, -0.15) is 0 Å². The van der Waals surface area contributed by atoms with Crippen LogP contribution in [0.2, 0.25) is 0 Å². The lowest BCUT2D eigenvalue weighted by atomic mass is 10.0. The molecule has 5 heteroatoms. The summed E-state index contributed by atoms with van der Waals surface area (Å²) < 4.78 is 0. The summed E-state index contributed by atoms with van der Waals surface area (Å²) >= 11 is 0. The van der Waals surface area contributed by atoms with Gasteiger partial charge in [0.25, 0.3) is 0 Å². The topological polar surface area (TPSA) is 81.9 Å². The zero-order chi connectivity index (χ0) is 15.5. The van der Waals surface area contributed by atoms with Gasteiger partial charge in [-0.1, -0.05) is 24.3 Å². The number of phenols is 2. The Morgan fingerprint density at radius 2 is 1.95 bits per heavy atom. The molecule has 0 radical (unpaired) electrons. The molecule has 1 amide bonds. The third-order valence-corrected chi connectivity index (χ3v) is 3.66. The number of benzene rings is 2. The van der Waals surface area contributed by atoms with Crippen molar-refractivity contribution in [2.24, 2.45) is 4.99 Å². The van der Waals surface area contributed by atoms with E-state index in [1.165, 1.54) is 12.1 Å². The van der Waals surface area contributed by atoms with Gasteiger partial charge in [0.1, 0.15) is 5.92 Å². The lowest BCUT2D eigenvalue weighted by molar-refractivity contribution is -0.115. The molecule has 0 saturated heterocycles. The van der Waals surface area contributed by atoms with Gasteiger partial charge in [-0.15, -0.1) is 0 Å². The summed E-state index contributed by atoms with van der Waals surface area (Å²) in [6.45, 7) is 0.510. The Morgan fingerprint density at radius 1 is 1.14 bits per heavy atom. The molecule has 0 spiro atoms. The first kappa shape index (κ1) is 14.1. The van der Waals surface area contributed by atoms with E-state index in [9.17, 15) is 15.0 Å². The highest BCUT2D eigenvalue weighted by Crippen LogP contribution is 2.30. The smallest absolute Gasteiger partial charge is 0.237 e. The summed E-state index contributed by atoms with van der Waals surface area (Å²) in [6.07, 6.45) is 2.29. The number of fused-ring (bicyclic) bond motifs is 1. The SMILES string of the molecule is O=C1Nc2ccccc2[C@H]1C=NCCc1ccc(O)c(O)c1. The molecule has 0 fully saturated rings. The second-order valence-electron chi connectivity index (χ2n) is 5.18. The van der Waals surface area contributed by atoms with Crippen LogP contribution in [-0.2, 0) is 11.2 Å². The molecule has 1 aliphatic rings. The molecule has 5 nitrogen and oxygen atoms in total. The Labute approximate surface area is 128 Å². The molecule has 112 valence electrons. The Bertz CT molecular complexity index is 740. The van der Waals surface area contributed by atoms with Crippen molar-refractivity contribution in [1.29, 1.82) is 0 Å². The van der Waals surface area contributed by atoms with Crippen LogP contribution >= 0.6 is 0 Å². The van der Waals surface area contributed by atoms with Crippen molar-refractivity contribution >= 4 is 17.8 Å².